The molecule has 1 fully saturated rings. The SMILES string of the molecule is COC(=O)CCCS(=O)(=O)NCCC1CCC(C)CC1. The lowest BCUT2D eigenvalue weighted by molar-refractivity contribution is -0.140. The molecule has 0 aliphatic heterocycles. The van der Waals surface area contributed by atoms with Gasteiger partial charge >= 0.3 is 5.97 Å². The van der Waals surface area contributed by atoms with E-state index in [0.717, 1.165) is 12.3 Å². The van der Waals surface area contributed by atoms with Gasteiger partial charge in [-0.3, -0.25) is 4.79 Å². The van der Waals surface area contributed by atoms with E-state index in [-0.39, 0.29) is 18.1 Å². The summed E-state index contributed by atoms with van der Waals surface area (Å²) < 4.78 is 30.6. The van der Waals surface area contributed by atoms with Crippen molar-refractivity contribution in [3.8, 4) is 0 Å². The predicted molar refractivity (Wildman–Crippen MR) is 78.8 cm³/mol. The number of carbonyl (C=O) groups is 1. The van der Waals surface area contributed by atoms with Gasteiger partial charge in [-0.1, -0.05) is 32.6 Å². The summed E-state index contributed by atoms with van der Waals surface area (Å²) in [5.41, 5.74) is 0. The van der Waals surface area contributed by atoms with E-state index in [1.165, 1.54) is 32.8 Å². The maximum absolute atomic E-state index is 11.7. The van der Waals surface area contributed by atoms with Crippen LogP contribution in [0.3, 0.4) is 0 Å². The van der Waals surface area contributed by atoms with Gasteiger partial charge < -0.3 is 4.74 Å². The fourth-order valence-corrected chi connectivity index (χ4v) is 3.71. The summed E-state index contributed by atoms with van der Waals surface area (Å²) in [4.78, 5) is 10.9. The molecule has 1 aliphatic rings. The minimum Gasteiger partial charge on any atom is -0.469 e. The first-order valence-corrected chi connectivity index (χ1v) is 9.12. The van der Waals surface area contributed by atoms with Crippen molar-refractivity contribution in [2.24, 2.45) is 11.8 Å². The zero-order valence-electron chi connectivity index (χ0n) is 12.6. The fourth-order valence-electron chi connectivity index (χ4n) is 2.62. The van der Waals surface area contributed by atoms with Crippen LogP contribution in [0.25, 0.3) is 0 Å². The molecule has 0 radical (unpaired) electrons. The number of nitrogens with one attached hydrogen (secondary N) is 1. The van der Waals surface area contributed by atoms with E-state index in [4.69, 9.17) is 0 Å². The first kappa shape index (κ1) is 17.4. The number of esters is 1. The molecule has 0 amide bonds. The largest absolute Gasteiger partial charge is 0.469 e. The van der Waals surface area contributed by atoms with E-state index < -0.39 is 10.0 Å². The second-order valence-corrected chi connectivity index (χ2v) is 7.73. The topological polar surface area (TPSA) is 72.5 Å². The molecule has 0 atom stereocenters. The Kier molecular flexibility index (Phi) is 7.51. The van der Waals surface area contributed by atoms with Gasteiger partial charge in [0.1, 0.15) is 0 Å². The second kappa shape index (κ2) is 8.62. The summed E-state index contributed by atoms with van der Waals surface area (Å²) in [5.74, 6) is 1.10. The van der Waals surface area contributed by atoms with Crippen LogP contribution in [0.5, 0.6) is 0 Å². The molecule has 20 heavy (non-hydrogen) atoms. The van der Waals surface area contributed by atoms with Crippen LogP contribution in [0.2, 0.25) is 0 Å². The van der Waals surface area contributed by atoms with E-state index >= 15 is 0 Å². The minimum absolute atomic E-state index is 0.0101. The van der Waals surface area contributed by atoms with E-state index in [1.807, 2.05) is 0 Å². The Morgan fingerprint density at radius 2 is 1.90 bits per heavy atom. The summed E-state index contributed by atoms with van der Waals surface area (Å²) in [6.45, 7) is 2.79. The van der Waals surface area contributed by atoms with Gasteiger partial charge in [-0.2, -0.15) is 0 Å². The quantitative estimate of drug-likeness (QED) is 0.697. The highest BCUT2D eigenvalue weighted by molar-refractivity contribution is 7.89. The highest BCUT2D eigenvalue weighted by atomic mass is 32.2. The number of hydrogen-bond acceptors (Lipinski definition) is 4. The molecule has 0 aromatic heterocycles. The number of carbonyl (C=O) groups excluding carboxylic acids is 1. The molecule has 0 saturated heterocycles. The molecule has 0 aromatic rings. The molecule has 1 N–H and O–H groups in total. The Balaban J connectivity index is 2.14. The normalized spacial score (nSPS) is 23.5. The van der Waals surface area contributed by atoms with Gasteiger partial charge in [0, 0.05) is 13.0 Å². The van der Waals surface area contributed by atoms with Crippen molar-refractivity contribution < 1.29 is 17.9 Å². The van der Waals surface area contributed by atoms with Crippen molar-refractivity contribution in [1.29, 1.82) is 0 Å². The van der Waals surface area contributed by atoms with Crippen molar-refractivity contribution in [1.82, 2.24) is 4.72 Å². The third-order valence-electron chi connectivity index (χ3n) is 4.03. The summed E-state index contributed by atoms with van der Waals surface area (Å²) in [6.07, 6.45) is 6.33. The van der Waals surface area contributed by atoms with Crippen LogP contribution in [0.1, 0.15) is 51.9 Å². The third-order valence-corrected chi connectivity index (χ3v) is 5.50. The average molecular weight is 305 g/mol. The van der Waals surface area contributed by atoms with E-state index in [1.54, 1.807) is 0 Å². The summed E-state index contributed by atoms with van der Waals surface area (Å²) in [6, 6.07) is 0. The maximum atomic E-state index is 11.7. The Bertz CT molecular complexity index is 386. The van der Waals surface area contributed by atoms with Gasteiger partial charge in [0.25, 0.3) is 0 Å². The third kappa shape index (κ3) is 7.24. The van der Waals surface area contributed by atoms with Crippen molar-refractivity contribution in [2.45, 2.75) is 51.9 Å². The van der Waals surface area contributed by atoms with Gasteiger partial charge in [0.2, 0.25) is 10.0 Å². The van der Waals surface area contributed by atoms with Crippen LogP contribution in [0.15, 0.2) is 0 Å². The Morgan fingerprint density at radius 1 is 1.25 bits per heavy atom. The number of rotatable bonds is 8. The van der Waals surface area contributed by atoms with Gasteiger partial charge in [-0.25, -0.2) is 13.1 Å². The fraction of sp³-hybridized carbons (Fsp3) is 0.929. The van der Waals surface area contributed by atoms with Crippen LogP contribution in [-0.4, -0.2) is 33.8 Å². The summed E-state index contributed by atoms with van der Waals surface area (Å²) in [5, 5.41) is 0. The van der Waals surface area contributed by atoms with Crippen LogP contribution in [-0.2, 0) is 19.6 Å². The standard InChI is InChI=1S/C14H27NO4S/c1-12-5-7-13(8-6-12)9-10-15-20(17,18)11-3-4-14(16)19-2/h12-13,15H,3-11H2,1-2H3. The molecule has 0 unspecified atom stereocenters. The predicted octanol–water partition coefficient (Wildman–Crippen LogP) is 2.08. The zero-order valence-corrected chi connectivity index (χ0v) is 13.4. The molecule has 118 valence electrons. The van der Waals surface area contributed by atoms with E-state index in [9.17, 15) is 13.2 Å². The minimum atomic E-state index is -3.25. The molecule has 1 rings (SSSR count). The molecule has 0 aromatic carbocycles. The second-order valence-electron chi connectivity index (χ2n) is 5.81. The van der Waals surface area contributed by atoms with Crippen LogP contribution >= 0.6 is 0 Å². The van der Waals surface area contributed by atoms with Crippen molar-refractivity contribution >= 4 is 16.0 Å². The van der Waals surface area contributed by atoms with Crippen molar-refractivity contribution in [2.75, 3.05) is 19.4 Å². The van der Waals surface area contributed by atoms with E-state index in [2.05, 4.69) is 16.4 Å². The molecular weight excluding hydrogens is 278 g/mol. The highest BCUT2D eigenvalue weighted by Crippen LogP contribution is 2.29. The first-order chi connectivity index (χ1) is 9.43. The van der Waals surface area contributed by atoms with Crippen molar-refractivity contribution in [3.63, 3.8) is 0 Å². The van der Waals surface area contributed by atoms with Gasteiger partial charge in [0.15, 0.2) is 0 Å². The molecule has 0 spiro atoms. The number of sulfonamides is 1. The molecule has 5 nitrogen and oxygen atoms in total. The summed E-state index contributed by atoms with van der Waals surface area (Å²) in [7, 11) is -1.95. The van der Waals surface area contributed by atoms with Crippen molar-refractivity contribution in [3.05, 3.63) is 0 Å². The van der Waals surface area contributed by atoms with Gasteiger partial charge in [0.05, 0.1) is 12.9 Å². The molecule has 6 heteroatoms. The smallest absolute Gasteiger partial charge is 0.305 e. The zero-order chi connectivity index (χ0) is 15.0. The van der Waals surface area contributed by atoms with Gasteiger partial charge in [-0.05, 0) is 24.7 Å². The van der Waals surface area contributed by atoms with Crippen LogP contribution in [0.4, 0.5) is 0 Å². The average Bonchev–Trinajstić information content (AvgIpc) is 2.40. The van der Waals surface area contributed by atoms with E-state index in [0.29, 0.717) is 18.9 Å². The molecule has 1 aliphatic carbocycles. The lowest BCUT2D eigenvalue weighted by atomic mass is 9.81. The molecule has 0 heterocycles. The molecular formula is C14H27NO4S. The lowest BCUT2D eigenvalue weighted by Gasteiger charge is -2.26. The Morgan fingerprint density at radius 3 is 2.50 bits per heavy atom. The monoisotopic (exact) mass is 305 g/mol. The Hall–Kier alpha value is -0.620. The first-order valence-electron chi connectivity index (χ1n) is 7.47. The van der Waals surface area contributed by atoms with Gasteiger partial charge in [-0.15, -0.1) is 0 Å². The number of hydrogen-bond donors (Lipinski definition) is 1. The molecule has 0 bridgehead atoms. The number of methoxy groups -OCH3 is 1. The Labute approximate surface area is 122 Å². The lowest BCUT2D eigenvalue weighted by Crippen LogP contribution is -2.29. The molecule has 1 saturated carbocycles. The van der Waals surface area contributed by atoms with Crippen LogP contribution in [0, 0.1) is 11.8 Å². The summed E-state index contributed by atoms with van der Waals surface area (Å²) >= 11 is 0. The van der Waals surface area contributed by atoms with Crippen LogP contribution < -0.4 is 4.72 Å². The number of ether oxygens (including phenoxy) is 1. The highest BCUT2D eigenvalue weighted by Gasteiger charge is 2.18. The maximum Gasteiger partial charge on any atom is 0.305 e.